The van der Waals surface area contributed by atoms with E-state index in [2.05, 4.69) is 5.32 Å². The van der Waals surface area contributed by atoms with E-state index in [1.165, 1.54) is 12.2 Å². The van der Waals surface area contributed by atoms with Crippen LogP contribution in [0.15, 0.2) is 36.4 Å². The largest absolute Gasteiger partial charge is 0.405 e. The number of ether oxygens (including phenoxy) is 1. The summed E-state index contributed by atoms with van der Waals surface area (Å²) in [5.74, 6) is -5.00. The van der Waals surface area contributed by atoms with Gasteiger partial charge < -0.3 is 21.1 Å². The Morgan fingerprint density at radius 1 is 1.06 bits per heavy atom. The predicted molar refractivity (Wildman–Crippen MR) is 116 cm³/mol. The number of hydrogen-bond acceptors (Lipinski definition) is 4. The monoisotopic (exact) mass is 508 g/mol. The van der Waals surface area contributed by atoms with E-state index in [0.717, 1.165) is 0 Å². The molecule has 0 radical (unpaired) electrons. The molecule has 0 aliphatic rings. The van der Waals surface area contributed by atoms with Gasteiger partial charge in [0.2, 0.25) is 0 Å². The molecule has 5 N–H and O–H groups in total. The molecule has 0 saturated carbocycles. The molecule has 0 spiro atoms. The van der Waals surface area contributed by atoms with Crippen molar-refractivity contribution in [2.75, 3.05) is 13.2 Å². The number of amides is 2. The van der Waals surface area contributed by atoms with E-state index < -0.39 is 53.4 Å². The van der Waals surface area contributed by atoms with Crippen LogP contribution >= 0.6 is 12.4 Å². The zero-order valence-electron chi connectivity index (χ0n) is 17.8. The van der Waals surface area contributed by atoms with Crippen molar-refractivity contribution in [3.8, 4) is 0 Å². The fourth-order valence-electron chi connectivity index (χ4n) is 2.79. The highest BCUT2D eigenvalue weighted by Gasteiger charge is 2.31. The summed E-state index contributed by atoms with van der Waals surface area (Å²) in [6, 6.07) is 7.38. The molecule has 186 valence electrons. The highest BCUT2D eigenvalue weighted by Crippen LogP contribution is 2.26. The van der Waals surface area contributed by atoms with E-state index in [-0.39, 0.29) is 31.4 Å². The summed E-state index contributed by atoms with van der Waals surface area (Å²) in [5, 5.41) is 11.3. The maximum atomic E-state index is 14.6. The van der Waals surface area contributed by atoms with Crippen LogP contribution in [-0.4, -0.2) is 37.0 Å². The summed E-state index contributed by atoms with van der Waals surface area (Å²) in [6.07, 6.45) is -6.41. The fraction of sp³-hybridized carbons (Fsp3) is 0.286. The summed E-state index contributed by atoms with van der Waals surface area (Å²) < 4.78 is 71.2. The molecule has 1 unspecified atom stereocenters. The second-order valence-corrected chi connectivity index (χ2v) is 6.82. The summed E-state index contributed by atoms with van der Waals surface area (Å²) >= 11 is 0. The fourth-order valence-corrected chi connectivity index (χ4v) is 2.79. The zero-order chi connectivity index (χ0) is 24.8. The predicted octanol–water partition coefficient (Wildman–Crippen LogP) is 3.36. The van der Waals surface area contributed by atoms with Gasteiger partial charge in [-0.3, -0.25) is 15.0 Å². The number of carbonyl (C=O) groups is 2. The lowest BCUT2D eigenvalue weighted by Crippen LogP contribution is -2.34. The van der Waals surface area contributed by atoms with Gasteiger partial charge in [-0.25, -0.2) is 8.78 Å². The number of nitrogens with two attached hydrogens (primary N) is 1. The molecule has 0 heterocycles. The normalized spacial score (nSPS) is 11.8. The van der Waals surface area contributed by atoms with Crippen LogP contribution in [0.5, 0.6) is 0 Å². The number of nitrogens with one attached hydrogen (secondary N) is 3. The molecule has 0 saturated heterocycles. The first-order chi connectivity index (χ1) is 15.4. The Balaban J connectivity index is 0.00000578. The van der Waals surface area contributed by atoms with Crippen molar-refractivity contribution in [2.45, 2.75) is 25.7 Å². The molecule has 34 heavy (non-hydrogen) atoms. The molecule has 1 atom stereocenters. The van der Waals surface area contributed by atoms with Crippen LogP contribution in [0.25, 0.3) is 0 Å². The van der Waals surface area contributed by atoms with Gasteiger partial charge in [0.25, 0.3) is 11.8 Å². The minimum absolute atomic E-state index is 0. The summed E-state index contributed by atoms with van der Waals surface area (Å²) in [4.78, 5) is 24.4. The van der Waals surface area contributed by atoms with Crippen molar-refractivity contribution in [1.29, 1.82) is 5.41 Å². The topological polar surface area (TPSA) is 117 Å². The van der Waals surface area contributed by atoms with Gasteiger partial charge in [0.1, 0.15) is 24.0 Å². The Kier molecular flexibility index (Phi) is 10.4. The van der Waals surface area contributed by atoms with Crippen molar-refractivity contribution < 1.29 is 36.3 Å². The second kappa shape index (κ2) is 12.3. The summed E-state index contributed by atoms with van der Waals surface area (Å²) in [6.45, 7) is -0.288. The highest BCUT2D eigenvalue weighted by molar-refractivity contribution is 5.95. The molecule has 0 aromatic heterocycles. The maximum absolute atomic E-state index is 14.6. The van der Waals surface area contributed by atoms with Crippen molar-refractivity contribution >= 4 is 30.1 Å². The summed E-state index contributed by atoms with van der Waals surface area (Å²) in [7, 11) is 0. The first-order valence-electron chi connectivity index (χ1n) is 9.59. The first kappa shape index (κ1) is 28.8. The Hall–Kier alpha value is -3.25. The van der Waals surface area contributed by atoms with Crippen LogP contribution in [0, 0.1) is 17.0 Å². The van der Waals surface area contributed by atoms with Gasteiger partial charge in [-0.05, 0) is 24.6 Å². The van der Waals surface area contributed by atoms with Gasteiger partial charge in [0, 0.05) is 24.3 Å². The van der Waals surface area contributed by atoms with Crippen LogP contribution in [0.2, 0.25) is 0 Å². The van der Waals surface area contributed by atoms with Crippen LogP contribution in [0.3, 0.4) is 0 Å². The van der Waals surface area contributed by atoms with Crippen molar-refractivity contribution in [2.24, 2.45) is 5.73 Å². The Bertz CT molecular complexity index is 1010. The van der Waals surface area contributed by atoms with Gasteiger partial charge in [0.05, 0.1) is 5.56 Å². The number of halogens is 6. The number of carbonyl (C=O) groups excluding carboxylic acids is 2. The van der Waals surface area contributed by atoms with E-state index in [9.17, 15) is 31.5 Å². The average Bonchev–Trinajstić information content (AvgIpc) is 2.74. The van der Waals surface area contributed by atoms with Crippen LogP contribution in [0.1, 0.15) is 40.1 Å². The molecule has 0 fully saturated rings. The number of alkyl halides is 3. The lowest BCUT2D eigenvalue weighted by Gasteiger charge is -2.19. The quantitative estimate of drug-likeness (QED) is 0.236. The third-order valence-electron chi connectivity index (χ3n) is 4.36. The van der Waals surface area contributed by atoms with Crippen LogP contribution < -0.4 is 16.4 Å². The molecule has 0 aliphatic carbocycles. The number of amidine groups is 1. The number of nitrogen functional groups attached to an aromatic ring is 1. The molecular weight excluding hydrogens is 487 g/mol. The van der Waals surface area contributed by atoms with Gasteiger partial charge in [-0.2, -0.15) is 13.2 Å². The lowest BCUT2D eigenvalue weighted by atomic mass is 10.0. The third-order valence-corrected chi connectivity index (χ3v) is 4.36. The molecular formula is C21H22ClF5N4O3. The Morgan fingerprint density at radius 3 is 2.09 bits per heavy atom. The van der Waals surface area contributed by atoms with Crippen molar-refractivity contribution in [1.82, 2.24) is 10.6 Å². The van der Waals surface area contributed by atoms with Gasteiger partial charge >= 0.3 is 6.18 Å². The lowest BCUT2D eigenvalue weighted by molar-refractivity contribution is -0.133. The van der Waals surface area contributed by atoms with Gasteiger partial charge in [-0.1, -0.05) is 24.3 Å². The average molecular weight is 509 g/mol. The molecule has 0 bridgehead atoms. The summed E-state index contributed by atoms with van der Waals surface area (Å²) in [5.41, 5.74) is 4.99. The molecule has 2 amide bonds. The van der Waals surface area contributed by atoms with E-state index in [0.29, 0.717) is 23.3 Å². The van der Waals surface area contributed by atoms with Gasteiger partial charge in [0.15, 0.2) is 6.10 Å². The molecule has 2 aromatic carbocycles. The number of rotatable bonds is 9. The van der Waals surface area contributed by atoms with E-state index in [1.54, 1.807) is 24.3 Å². The maximum Gasteiger partial charge on any atom is 0.405 e. The highest BCUT2D eigenvalue weighted by atomic mass is 35.5. The number of hydrogen-bond donors (Lipinski definition) is 4. The van der Waals surface area contributed by atoms with Crippen LogP contribution in [-0.2, 0) is 16.1 Å². The van der Waals surface area contributed by atoms with E-state index in [1.807, 2.05) is 0 Å². The second-order valence-electron chi connectivity index (χ2n) is 6.82. The SMILES string of the molecule is CCOC(C(=O)NCc1ccc(C(=N)N)cc1)c1c(F)cc(C(=O)NCC(F)(F)F)cc1F.Cl. The Labute approximate surface area is 197 Å². The van der Waals surface area contributed by atoms with Crippen molar-refractivity contribution in [3.63, 3.8) is 0 Å². The third kappa shape index (κ3) is 7.96. The minimum Gasteiger partial charge on any atom is -0.384 e. The molecule has 0 aliphatic heterocycles. The van der Waals surface area contributed by atoms with E-state index in [4.69, 9.17) is 15.9 Å². The molecule has 7 nitrogen and oxygen atoms in total. The smallest absolute Gasteiger partial charge is 0.384 e. The first-order valence-corrected chi connectivity index (χ1v) is 9.59. The van der Waals surface area contributed by atoms with E-state index >= 15 is 0 Å². The number of benzene rings is 2. The molecule has 2 aromatic rings. The van der Waals surface area contributed by atoms with Gasteiger partial charge in [-0.15, -0.1) is 12.4 Å². The standard InChI is InChI=1S/C21H21F5N4O3.ClH/c1-2-33-17(20(32)29-9-11-3-5-12(6-4-11)18(27)28)16-14(22)7-13(8-15(16)23)19(31)30-10-21(24,25)26;/h3-8,17H,2,9-10H2,1H3,(H3,27,28)(H,29,32)(H,30,31);1H. The van der Waals surface area contributed by atoms with Crippen molar-refractivity contribution in [3.05, 3.63) is 70.3 Å². The van der Waals surface area contributed by atoms with Crippen LogP contribution in [0.4, 0.5) is 22.0 Å². The zero-order valence-corrected chi connectivity index (χ0v) is 18.6. The molecule has 2 rings (SSSR count). The Morgan fingerprint density at radius 2 is 1.62 bits per heavy atom. The molecule has 13 heteroatoms. The minimum atomic E-state index is -4.70.